The van der Waals surface area contributed by atoms with Crippen LogP contribution in [0, 0.1) is 10.1 Å². The van der Waals surface area contributed by atoms with E-state index in [1.54, 1.807) is 23.9 Å². The molecule has 0 radical (unpaired) electrons. The molecule has 0 saturated carbocycles. The Morgan fingerprint density at radius 2 is 2.07 bits per heavy atom. The molecule has 30 heavy (non-hydrogen) atoms. The van der Waals surface area contributed by atoms with Gasteiger partial charge in [0.25, 0.3) is 11.6 Å². The average Bonchev–Trinajstić information content (AvgIpc) is 3.31. The molecule has 0 unspecified atom stereocenters. The number of amides is 1. The minimum absolute atomic E-state index is 0.135. The molecule has 0 fully saturated rings. The molecule has 0 aliphatic heterocycles. The molecule has 0 aliphatic rings. The van der Waals surface area contributed by atoms with E-state index >= 15 is 0 Å². The number of carbonyl (C=O) groups excluding carboxylic acids is 1. The molecule has 1 aromatic carbocycles. The summed E-state index contributed by atoms with van der Waals surface area (Å²) in [6.07, 6.45) is -0.502. The molecule has 0 aliphatic carbocycles. The van der Waals surface area contributed by atoms with Crippen LogP contribution < -0.4 is 5.43 Å². The van der Waals surface area contributed by atoms with Gasteiger partial charge in [0.05, 0.1) is 4.92 Å². The third kappa shape index (κ3) is 4.68. The van der Waals surface area contributed by atoms with Crippen LogP contribution >= 0.6 is 0 Å². The van der Waals surface area contributed by atoms with Crippen molar-refractivity contribution < 1.29 is 22.9 Å². The van der Waals surface area contributed by atoms with Crippen molar-refractivity contribution in [3.05, 3.63) is 76.1 Å². The molecular formula is C17H14F3N7O3. The summed E-state index contributed by atoms with van der Waals surface area (Å²) in [5.74, 6) is -0.432. The summed E-state index contributed by atoms with van der Waals surface area (Å²) in [6.45, 7) is -0.512. The Hall–Kier alpha value is -4.03. The van der Waals surface area contributed by atoms with Crippen molar-refractivity contribution in [2.24, 2.45) is 12.1 Å². The first-order valence-electron chi connectivity index (χ1n) is 8.35. The summed E-state index contributed by atoms with van der Waals surface area (Å²) in [6, 6.07) is 6.32. The highest BCUT2D eigenvalue weighted by Gasteiger charge is 2.33. The predicted octanol–water partition coefficient (Wildman–Crippen LogP) is 2.11. The van der Waals surface area contributed by atoms with E-state index in [2.05, 4.69) is 20.6 Å². The van der Waals surface area contributed by atoms with Crippen LogP contribution in [0.3, 0.4) is 0 Å². The average molecular weight is 421 g/mol. The number of hydrogen-bond acceptors (Lipinski definition) is 6. The van der Waals surface area contributed by atoms with Gasteiger partial charge in [-0.2, -0.15) is 23.4 Å². The Morgan fingerprint density at radius 3 is 2.67 bits per heavy atom. The SMILES string of the molecule is Cn1ccnc1/C(=N\NC(=O)Cn1ccc(C(F)(F)F)n1)c1cccc([N+](=O)[O-])c1. The minimum atomic E-state index is -4.62. The maximum absolute atomic E-state index is 12.6. The molecule has 1 N–H and O–H groups in total. The van der Waals surface area contributed by atoms with E-state index in [1.807, 2.05) is 0 Å². The standard InChI is InChI=1S/C17H14F3N7O3/c1-25-8-6-21-16(25)15(11-3-2-4-12(9-11)27(29)30)23-22-14(28)10-26-7-5-13(24-26)17(18,19)20/h2-9H,10H2,1H3,(H,22,28)/b23-15-. The Balaban J connectivity index is 1.85. The number of aryl methyl sites for hydroxylation is 1. The molecule has 0 atom stereocenters. The van der Waals surface area contributed by atoms with Gasteiger partial charge in [-0.1, -0.05) is 12.1 Å². The third-order valence-electron chi connectivity index (χ3n) is 3.89. The van der Waals surface area contributed by atoms with Crippen LogP contribution in [0.2, 0.25) is 0 Å². The molecule has 2 aromatic heterocycles. The van der Waals surface area contributed by atoms with Crippen LogP contribution in [0.1, 0.15) is 17.1 Å². The van der Waals surface area contributed by atoms with Crippen molar-refractivity contribution in [1.82, 2.24) is 24.8 Å². The Bertz CT molecular complexity index is 1120. The zero-order valence-electron chi connectivity index (χ0n) is 15.4. The van der Waals surface area contributed by atoms with E-state index in [4.69, 9.17) is 0 Å². The van der Waals surface area contributed by atoms with Crippen LogP contribution in [-0.2, 0) is 24.6 Å². The number of rotatable bonds is 6. The number of hydrazone groups is 1. The summed E-state index contributed by atoms with van der Waals surface area (Å²) in [5.41, 5.74) is 1.37. The monoisotopic (exact) mass is 421 g/mol. The second kappa shape index (κ2) is 8.14. The topological polar surface area (TPSA) is 120 Å². The molecular weight excluding hydrogens is 407 g/mol. The van der Waals surface area contributed by atoms with Gasteiger partial charge in [-0.25, -0.2) is 10.4 Å². The fraction of sp³-hybridized carbons (Fsp3) is 0.176. The van der Waals surface area contributed by atoms with Gasteiger partial charge >= 0.3 is 6.18 Å². The van der Waals surface area contributed by atoms with E-state index in [1.165, 1.54) is 24.4 Å². The zero-order valence-corrected chi connectivity index (χ0v) is 15.4. The van der Waals surface area contributed by atoms with E-state index in [0.717, 1.165) is 16.9 Å². The van der Waals surface area contributed by atoms with Crippen LogP contribution in [0.15, 0.2) is 54.0 Å². The molecule has 13 heteroatoms. The Morgan fingerprint density at radius 1 is 1.30 bits per heavy atom. The second-order valence-corrected chi connectivity index (χ2v) is 6.06. The number of non-ortho nitro benzene ring substituents is 1. The summed E-state index contributed by atoms with van der Waals surface area (Å²) >= 11 is 0. The number of nitro benzene ring substituents is 1. The van der Waals surface area contributed by atoms with Gasteiger partial charge in [0.15, 0.2) is 11.5 Å². The smallest absolute Gasteiger partial charge is 0.333 e. The van der Waals surface area contributed by atoms with Gasteiger partial charge in [-0.3, -0.25) is 19.6 Å². The van der Waals surface area contributed by atoms with Crippen molar-refractivity contribution in [2.75, 3.05) is 0 Å². The van der Waals surface area contributed by atoms with E-state index in [-0.39, 0.29) is 11.4 Å². The maximum atomic E-state index is 12.6. The Kier molecular flexibility index (Phi) is 5.62. The van der Waals surface area contributed by atoms with Crippen LogP contribution in [0.4, 0.5) is 18.9 Å². The first-order valence-corrected chi connectivity index (χ1v) is 8.35. The lowest BCUT2D eigenvalue weighted by Gasteiger charge is -2.08. The first kappa shape index (κ1) is 20.7. The molecule has 2 heterocycles. The number of benzene rings is 1. The van der Waals surface area contributed by atoms with Gasteiger partial charge in [0.1, 0.15) is 12.3 Å². The van der Waals surface area contributed by atoms with E-state index in [9.17, 15) is 28.1 Å². The van der Waals surface area contributed by atoms with Crippen molar-refractivity contribution in [2.45, 2.75) is 12.7 Å². The highest BCUT2D eigenvalue weighted by molar-refractivity contribution is 6.11. The van der Waals surface area contributed by atoms with Gasteiger partial charge in [-0.05, 0) is 6.07 Å². The van der Waals surface area contributed by atoms with Crippen LogP contribution in [0.25, 0.3) is 0 Å². The third-order valence-corrected chi connectivity index (χ3v) is 3.89. The van der Waals surface area contributed by atoms with Gasteiger partial charge in [-0.15, -0.1) is 0 Å². The summed E-state index contributed by atoms with van der Waals surface area (Å²) in [7, 11) is 1.67. The lowest BCUT2D eigenvalue weighted by atomic mass is 10.1. The summed E-state index contributed by atoms with van der Waals surface area (Å²) < 4.78 is 40.2. The molecule has 0 bridgehead atoms. The van der Waals surface area contributed by atoms with Crippen LogP contribution in [-0.4, -0.2) is 35.9 Å². The summed E-state index contributed by atoms with van der Waals surface area (Å²) in [5, 5.41) is 18.3. The van der Waals surface area contributed by atoms with Crippen molar-refractivity contribution in [3.8, 4) is 0 Å². The molecule has 1 amide bonds. The molecule has 0 saturated heterocycles. The number of nitrogens with zero attached hydrogens (tertiary/aromatic N) is 6. The van der Waals surface area contributed by atoms with Gasteiger partial charge in [0, 0.05) is 43.3 Å². The number of halogens is 3. The quantitative estimate of drug-likeness (QED) is 0.371. The summed E-state index contributed by atoms with van der Waals surface area (Å²) in [4.78, 5) is 26.7. The van der Waals surface area contributed by atoms with Crippen LogP contribution in [0.5, 0.6) is 0 Å². The minimum Gasteiger partial charge on any atom is -0.333 e. The predicted molar refractivity (Wildman–Crippen MR) is 97.3 cm³/mol. The van der Waals surface area contributed by atoms with Gasteiger partial charge < -0.3 is 4.57 Å². The lowest BCUT2D eigenvalue weighted by molar-refractivity contribution is -0.384. The molecule has 3 rings (SSSR count). The number of imidazole rings is 1. The number of alkyl halides is 3. The van der Waals surface area contributed by atoms with Crippen molar-refractivity contribution >= 4 is 17.3 Å². The van der Waals surface area contributed by atoms with Crippen molar-refractivity contribution in [1.29, 1.82) is 0 Å². The highest BCUT2D eigenvalue weighted by atomic mass is 19.4. The lowest BCUT2D eigenvalue weighted by Crippen LogP contribution is -2.26. The normalized spacial score (nSPS) is 12.1. The fourth-order valence-corrected chi connectivity index (χ4v) is 2.51. The second-order valence-electron chi connectivity index (χ2n) is 6.06. The van der Waals surface area contributed by atoms with Gasteiger partial charge in [0.2, 0.25) is 0 Å². The Labute approximate surface area is 166 Å². The van der Waals surface area contributed by atoms with E-state index in [0.29, 0.717) is 11.4 Å². The number of carbonyl (C=O) groups is 1. The zero-order chi connectivity index (χ0) is 21.9. The maximum Gasteiger partial charge on any atom is 0.435 e. The number of hydrogen-bond donors (Lipinski definition) is 1. The number of aromatic nitrogens is 4. The van der Waals surface area contributed by atoms with E-state index < -0.39 is 29.2 Å². The molecule has 10 nitrogen and oxygen atoms in total. The number of nitrogens with one attached hydrogen (secondary N) is 1. The largest absolute Gasteiger partial charge is 0.435 e. The fourth-order valence-electron chi connectivity index (χ4n) is 2.51. The molecule has 156 valence electrons. The molecule has 3 aromatic rings. The highest BCUT2D eigenvalue weighted by Crippen LogP contribution is 2.27. The first-order chi connectivity index (χ1) is 14.1. The van der Waals surface area contributed by atoms with Crippen molar-refractivity contribution in [3.63, 3.8) is 0 Å². The number of nitro groups is 1. The molecule has 0 spiro atoms.